The molecule has 2 heterocycles. The van der Waals surface area contributed by atoms with Gasteiger partial charge in [0.15, 0.2) is 0 Å². The van der Waals surface area contributed by atoms with Crippen molar-refractivity contribution in [1.82, 2.24) is 14.8 Å². The van der Waals surface area contributed by atoms with E-state index >= 15 is 0 Å². The maximum absolute atomic E-state index is 6.31. The minimum Gasteiger partial charge on any atom is -0.324 e. The monoisotopic (exact) mass is 272 g/mol. The summed E-state index contributed by atoms with van der Waals surface area (Å²) in [4.78, 5) is 4.39. The number of hydrogen-bond acceptors (Lipinski definition) is 3. The predicted molar refractivity (Wildman–Crippen MR) is 81.6 cm³/mol. The minimum absolute atomic E-state index is 0.0318. The van der Waals surface area contributed by atoms with Crippen LogP contribution in [0, 0.1) is 13.8 Å². The van der Waals surface area contributed by atoms with Crippen molar-refractivity contribution in [3.63, 3.8) is 0 Å². The summed E-state index contributed by atoms with van der Waals surface area (Å²) in [7, 11) is 0. The van der Waals surface area contributed by atoms with Crippen molar-refractivity contribution in [1.29, 1.82) is 0 Å². The van der Waals surface area contributed by atoms with E-state index in [0.29, 0.717) is 6.04 Å². The zero-order valence-corrected chi connectivity index (χ0v) is 12.8. The van der Waals surface area contributed by atoms with Gasteiger partial charge in [-0.25, -0.2) is 0 Å². The molecule has 2 atom stereocenters. The Labute approximate surface area is 121 Å². The van der Waals surface area contributed by atoms with Crippen LogP contribution >= 0.6 is 0 Å². The maximum Gasteiger partial charge on any atom is 0.0643 e. The highest BCUT2D eigenvalue weighted by Gasteiger charge is 2.12. The first-order chi connectivity index (χ1) is 9.49. The Morgan fingerprint density at radius 2 is 1.90 bits per heavy atom. The van der Waals surface area contributed by atoms with Gasteiger partial charge in [0.1, 0.15) is 0 Å². The Morgan fingerprint density at radius 3 is 2.50 bits per heavy atom. The highest BCUT2D eigenvalue weighted by Crippen LogP contribution is 2.18. The second-order valence-corrected chi connectivity index (χ2v) is 5.54. The van der Waals surface area contributed by atoms with Gasteiger partial charge < -0.3 is 5.73 Å². The van der Waals surface area contributed by atoms with Crippen molar-refractivity contribution in [3.05, 3.63) is 47.0 Å². The molecule has 0 radical (unpaired) electrons. The minimum atomic E-state index is -0.0318. The lowest BCUT2D eigenvalue weighted by atomic mass is 10.0. The fourth-order valence-electron chi connectivity index (χ4n) is 2.34. The fraction of sp³-hybridized carbons (Fsp3) is 0.500. The third kappa shape index (κ3) is 3.45. The van der Waals surface area contributed by atoms with E-state index in [1.54, 1.807) is 0 Å². The summed E-state index contributed by atoms with van der Waals surface area (Å²) in [6.45, 7) is 8.34. The summed E-state index contributed by atoms with van der Waals surface area (Å²) in [6, 6.07) is 6.58. The molecular weight excluding hydrogens is 248 g/mol. The van der Waals surface area contributed by atoms with Crippen LogP contribution in [-0.2, 0) is 6.42 Å². The lowest BCUT2D eigenvalue weighted by molar-refractivity contribution is 0.472. The van der Waals surface area contributed by atoms with E-state index in [9.17, 15) is 0 Å². The van der Waals surface area contributed by atoms with Crippen molar-refractivity contribution < 1.29 is 0 Å². The number of rotatable bonds is 5. The van der Waals surface area contributed by atoms with Crippen molar-refractivity contribution in [3.8, 4) is 0 Å². The van der Waals surface area contributed by atoms with E-state index in [-0.39, 0.29) is 6.04 Å². The van der Waals surface area contributed by atoms with Crippen LogP contribution in [-0.4, -0.2) is 14.8 Å². The molecule has 4 nitrogen and oxygen atoms in total. The second-order valence-electron chi connectivity index (χ2n) is 5.54. The molecule has 2 aromatic rings. The summed E-state index contributed by atoms with van der Waals surface area (Å²) in [5.41, 5.74) is 10.5. The van der Waals surface area contributed by atoms with Gasteiger partial charge in [0.05, 0.1) is 5.69 Å². The molecule has 20 heavy (non-hydrogen) atoms. The number of pyridine rings is 1. The van der Waals surface area contributed by atoms with Crippen LogP contribution in [0.5, 0.6) is 0 Å². The van der Waals surface area contributed by atoms with Crippen molar-refractivity contribution in [2.75, 3.05) is 0 Å². The van der Waals surface area contributed by atoms with Gasteiger partial charge in [-0.15, -0.1) is 0 Å². The number of nitrogens with two attached hydrogens (primary N) is 1. The maximum atomic E-state index is 6.31. The summed E-state index contributed by atoms with van der Waals surface area (Å²) in [5.74, 6) is 0. The van der Waals surface area contributed by atoms with Crippen LogP contribution in [0.1, 0.15) is 55.0 Å². The Kier molecular flexibility index (Phi) is 4.55. The van der Waals surface area contributed by atoms with E-state index in [2.05, 4.69) is 42.1 Å². The number of aromatic nitrogens is 3. The lowest BCUT2D eigenvalue weighted by Crippen LogP contribution is -2.15. The zero-order valence-electron chi connectivity index (χ0n) is 12.8. The molecule has 0 aliphatic heterocycles. The first-order valence-electron chi connectivity index (χ1n) is 7.24. The summed E-state index contributed by atoms with van der Waals surface area (Å²) in [5, 5.41) is 4.61. The largest absolute Gasteiger partial charge is 0.324 e. The molecule has 0 aromatic carbocycles. The van der Waals surface area contributed by atoms with Crippen molar-refractivity contribution in [2.45, 2.75) is 52.6 Å². The van der Waals surface area contributed by atoms with Crippen LogP contribution < -0.4 is 5.73 Å². The van der Waals surface area contributed by atoms with Gasteiger partial charge in [-0.1, -0.05) is 6.92 Å². The van der Waals surface area contributed by atoms with E-state index in [1.165, 1.54) is 0 Å². The molecule has 0 bridgehead atoms. The van der Waals surface area contributed by atoms with E-state index in [0.717, 1.165) is 35.5 Å². The van der Waals surface area contributed by atoms with Gasteiger partial charge >= 0.3 is 0 Å². The Hall–Kier alpha value is -1.68. The van der Waals surface area contributed by atoms with Crippen LogP contribution in [0.15, 0.2) is 24.4 Å². The number of hydrogen-bond donors (Lipinski definition) is 1. The van der Waals surface area contributed by atoms with Gasteiger partial charge in [0.25, 0.3) is 0 Å². The molecule has 0 spiro atoms. The Bertz CT molecular complexity index is 553. The first kappa shape index (κ1) is 14.7. The highest BCUT2D eigenvalue weighted by atomic mass is 15.3. The molecule has 0 aliphatic rings. The average molecular weight is 272 g/mol. The third-order valence-corrected chi connectivity index (χ3v) is 3.67. The molecule has 0 fully saturated rings. The molecule has 0 aliphatic carbocycles. The van der Waals surface area contributed by atoms with Gasteiger partial charge in [-0.3, -0.25) is 9.67 Å². The number of nitrogens with zero attached hydrogens (tertiary/aromatic N) is 3. The molecule has 108 valence electrons. The first-order valence-corrected chi connectivity index (χ1v) is 7.24. The normalized spacial score (nSPS) is 14.2. The van der Waals surface area contributed by atoms with Gasteiger partial charge in [0, 0.05) is 36.1 Å². The van der Waals surface area contributed by atoms with Crippen molar-refractivity contribution in [2.24, 2.45) is 5.73 Å². The lowest BCUT2D eigenvalue weighted by Gasteiger charge is -2.12. The second kappa shape index (κ2) is 6.18. The Balaban J connectivity index is 2.11. The van der Waals surface area contributed by atoms with Gasteiger partial charge in [0.2, 0.25) is 0 Å². The molecule has 2 rings (SSSR count). The molecule has 0 saturated carbocycles. The van der Waals surface area contributed by atoms with Gasteiger partial charge in [-0.2, -0.15) is 5.10 Å². The van der Waals surface area contributed by atoms with E-state index < -0.39 is 0 Å². The number of aryl methyl sites for hydroxylation is 2. The van der Waals surface area contributed by atoms with E-state index in [4.69, 9.17) is 5.73 Å². The smallest absolute Gasteiger partial charge is 0.0643 e. The van der Waals surface area contributed by atoms with Crippen LogP contribution in [0.3, 0.4) is 0 Å². The molecule has 0 amide bonds. The molecule has 2 N–H and O–H groups in total. The standard InChI is InChI=1S/C16H24N4/c1-5-13(4)20-7-6-15(19-20)10-16(17)14-8-11(2)18-12(3)9-14/h6-9,13,16H,5,10,17H2,1-4H3. The fourth-order valence-corrected chi connectivity index (χ4v) is 2.34. The quantitative estimate of drug-likeness (QED) is 0.910. The van der Waals surface area contributed by atoms with Gasteiger partial charge in [-0.05, 0) is 51.0 Å². The van der Waals surface area contributed by atoms with Crippen LogP contribution in [0.2, 0.25) is 0 Å². The summed E-state index contributed by atoms with van der Waals surface area (Å²) >= 11 is 0. The van der Waals surface area contributed by atoms with Crippen LogP contribution in [0.25, 0.3) is 0 Å². The SMILES string of the molecule is CCC(C)n1ccc(CC(N)c2cc(C)nc(C)c2)n1. The summed E-state index contributed by atoms with van der Waals surface area (Å²) < 4.78 is 2.02. The van der Waals surface area contributed by atoms with Crippen molar-refractivity contribution >= 4 is 0 Å². The molecule has 0 saturated heterocycles. The summed E-state index contributed by atoms with van der Waals surface area (Å²) in [6.07, 6.45) is 3.88. The van der Waals surface area contributed by atoms with Crippen LogP contribution in [0.4, 0.5) is 0 Å². The molecule has 4 heteroatoms. The highest BCUT2D eigenvalue weighted by molar-refractivity contribution is 5.24. The Morgan fingerprint density at radius 1 is 1.25 bits per heavy atom. The molecule has 2 aromatic heterocycles. The predicted octanol–water partition coefficient (Wildman–Crippen LogP) is 3.11. The van der Waals surface area contributed by atoms with E-state index in [1.807, 2.05) is 24.7 Å². The zero-order chi connectivity index (χ0) is 14.7. The average Bonchev–Trinajstić information content (AvgIpc) is 2.85. The topological polar surface area (TPSA) is 56.7 Å². The molecular formula is C16H24N4. The third-order valence-electron chi connectivity index (χ3n) is 3.67. The molecule has 2 unspecified atom stereocenters.